The van der Waals surface area contributed by atoms with Crippen molar-refractivity contribution in [2.75, 3.05) is 18.1 Å². The molecule has 1 N–H and O–H groups in total. The van der Waals surface area contributed by atoms with E-state index in [4.69, 9.17) is 9.84 Å². The van der Waals surface area contributed by atoms with Gasteiger partial charge in [0, 0.05) is 18.7 Å². The van der Waals surface area contributed by atoms with Crippen molar-refractivity contribution in [3.8, 4) is 5.75 Å². The van der Waals surface area contributed by atoms with Gasteiger partial charge in [-0.3, -0.25) is 9.59 Å². The molecule has 1 fully saturated rings. The van der Waals surface area contributed by atoms with E-state index in [2.05, 4.69) is 0 Å². The lowest BCUT2D eigenvalue weighted by atomic mass is 10.1. The summed E-state index contributed by atoms with van der Waals surface area (Å²) in [7, 11) is 0. The van der Waals surface area contributed by atoms with Crippen LogP contribution in [0.4, 0.5) is 18.9 Å². The minimum absolute atomic E-state index is 0.0181. The lowest BCUT2D eigenvalue weighted by molar-refractivity contribution is -0.141. The highest BCUT2D eigenvalue weighted by molar-refractivity contribution is 5.99. The van der Waals surface area contributed by atoms with Crippen molar-refractivity contribution in [3.63, 3.8) is 0 Å². The molecule has 0 bridgehead atoms. The third-order valence-corrected chi connectivity index (χ3v) is 3.35. The van der Waals surface area contributed by atoms with Gasteiger partial charge in [0.25, 0.3) is 0 Å². The number of nitrogens with zero attached hydrogens (tertiary/aromatic N) is 1. The van der Waals surface area contributed by atoms with Crippen LogP contribution in [0.15, 0.2) is 18.2 Å². The van der Waals surface area contributed by atoms with Gasteiger partial charge < -0.3 is 14.7 Å². The smallest absolute Gasteiger partial charge is 0.420 e. The molecule has 22 heavy (non-hydrogen) atoms. The number of amides is 1. The number of anilines is 1. The molecule has 1 aromatic rings. The SMILES string of the molecule is CCOc1ccc(N2C[C@@H](C(=O)O)CC2=O)cc1C(F)(F)F. The van der Waals surface area contributed by atoms with Crippen molar-refractivity contribution < 1.29 is 32.6 Å². The Kier molecular flexibility index (Phi) is 4.30. The van der Waals surface area contributed by atoms with Gasteiger partial charge in [0.05, 0.1) is 18.1 Å². The molecular weight excluding hydrogens is 303 g/mol. The van der Waals surface area contributed by atoms with E-state index >= 15 is 0 Å². The third kappa shape index (κ3) is 3.15. The fraction of sp³-hybridized carbons (Fsp3) is 0.429. The minimum Gasteiger partial charge on any atom is -0.493 e. The Hall–Kier alpha value is -2.25. The molecule has 120 valence electrons. The molecule has 1 amide bonds. The summed E-state index contributed by atoms with van der Waals surface area (Å²) in [6.07, 6.45) is -4.85. The summed E-state index contributed by atoms with van der Waals surface area (Å²) in [5.41, 5.74) is -0.969. The van der Waals surface area contributed by atoms with Crippen LogP contribution in [0.3, 0.4) is 0 Å². The van der Waals surface area contributed by atoms with Crippen molar-refractivity contribution >= 4 is 17.6 Å². The highest BCUT2D eigenvalue weighted by Crippen LogP contribution is 2.39. The first-order chi connectivity index (χ1) is 10.2. The number of hydrogen-bond acceptors (Lipinski definition) is 3. The summed E-state index contributed by atoms with van der Waals surface area (Å²) in [6, 6.07) is 3.28. The quantitative estimate of drug-likeness (QED) is 0.927. The van der Waals surface area contributed by atoms with Crippen molar-refractivity contribution in [1.29, 1.82) is 0 Å². The summed E-state index contributed by atoms with van der Waals surface area (Å²) in [5.74, 6) is -2.88. The average Bonchev–Trinajstić information content (AvgIpc) is 2.81. The molecule has 5 nitrogen and oxygen atoms in total. The average molecular weight is 317 g/mol. The lowest BCUT2D eigenvalue weighted by Crippen LogP contribution is -2.26. The molecular formula is C14H14F3NO4. The van der Waals surface area contributed by atoms with Crippen LogP contribution in [-0.2, 0) is 15.8 Å². The predicted molar refractivity (Wildman–Crippen MR) is 70.7 cm³/mol. The Bertz CT molecular complexity index is 600. The second kappa shape index (κ2) is 5.86. The fourth-order valence-corrected chi connectivity index (χ4v) is 2.31. The van der Waals surface area contributed by atoms with Gasteiger partial charge in [-0.15, -0.1) is 0 Å². The molecule has 1 atom stereocenters. The van der Waals surface area contributed by atoms with Crippen molar-refractivity contribution in [1.82, 2.24) is 0 Å². The summed E-state index contributed by atoms with van der Waals surface area (Å²) in [4.78, 5) is 23.8. The van der Waals surface area contributed by atoms with E-state index in [9.17, 15) is 22.8 Å². The van der Waals surface area contributed by atoms with Gasteiger partial charge in [-0.25, -0.2) is 0 Å². The summed E-state index contributed by atoms with van der Waals surface area (Å²) < 4.78 is 44.1. The molecule has 0 unspecified atom stereocenters. The summed E-state index contributed by atoms with van der Waals surface area (Å²) in [6.45, 7) is 1.50. The summed E-state index contributed by atoms with van der Waals surface area (Å²) >= 11 is 0. The molecule has 0 radical (unpaired) electrons. The number of carbonyl (C=O) groups is 2. The first-order valence-corrected chi connectivity index (χ1v) is 6.61. The number of halogens is 3. The molecule has 2 rings (SSSR count). The molecule has 1 aliphatic heterocycles. The van der Waals surface area contributed by atoms with E-state index < -0.39 is 29.5 Å². The zero-order valence-corrected chi connectivity index (χ0v) is 11.7. The van der Waals surface area contributed by atoms with Crippen molar-refractivity contribution in [3.05, 3.63) is 23.8 Å². The first-order valence-electron chi connectivity index (χ1n) is 6.61. The van der Waals surface area contributed by atoms with Crippen LogP contribution >= 0.6 is 0 Å². The lowest BCUT2D eigenvalue weighted by Gasteiger charge is -2.20. The Labute approximate surface area is 124 Å². The highest BCUT2D eigenvalue weighted by Gasteiger charge is 2.38. The Morgan fingerprint density at radius 3 is 2.64 bits per heavy atom. The summed E-state index contributed by atoms with van der Waals surface area (Å²) in [5, 5.41) is 8.91. The molecule has 0 saturated carbocycles. The number of rotatable bonds is 4. The van der Waals surface area contributed by atoms with Gasteiger partial charge in [0.2, 0.25) is 5.91 Å². The van der Waals surface area contributed by atoms with E-state index in [1.54, 1.807) is 6.92 Å². The number of carbonyl (C=O) groups excluding carboxylic acids is 1. The number of alkyl halides is 3. The highest BCUT2D eigenvalue weighted by atomic mass is 19.4. The number of carboxylic acids is 1. The standard InChI is InChI=1S/C14H14F3NO4/c1-2-22-11-4-3-9(6-10(11)14(15,16)17)18-7-8(13(20)21)5-12(18)19/h3-4,6,8H,2,5,7H2,1H3,(H,20,21)/t8-/m0/s1. The van der Waals surface area contributed by atoms with Crippen molar-refractivity contribution in [2.24, 2.45) is 5.92 Å². The van der Waals surface area contributed by atoms with Crippen LogP contribution in [-0.4, -0.2) is 30.1 Å². The van der Waals surface area contributed by atoms with Gasteiger partial charge >= 0.3 is 12.1 Å². The fourth-order valence-electron chi connectivity index (χ4n) is 2.31. The topological polar surface area (TPSA) is 66.8 Å². The van der Waals surface area contributed by atoms with Gasteiger partial charge in [0.1, 0.15) is 5.75 Å². The number of ether oxygens (including phenoxy) is 1. The Morgan fingerprint density at radius 2 is 2.14 bits per heavy atom. The Morgan fingerprint density at radius 1 is 1.45 bits per heavy atom. The molecule has 0 spiro atoms. The van der Waals surface area contributed by atoms with Crippen LogP contribution in [0.5, 0.6) is 5.75 Å². The second-order valence-electron chi connectivity index (χ2n) is 4.85. The molecule has 0 aliphatic carbocycles. The number of benzene rings is 1. The molecule has 8 heteroatoms. The van der Waals surface area contributed by atoms with Crippen LogP contribution in [0.2, 0.25) is 0 Å². The molecule has 0 aromatic heterocycles. The van der Waals surface area contributed by atoms with E-state index in [1.165, 1.54) is 6.07 Å². The normalized spacial score (nSPS) is 18.6. The zero-order chi connectivity index (χ0) is 16.5. The zero-order valence-electron chi connectivity index (χ0n) is 11.7. The van der Waals surface area contributed by atoms with Crippen molar-refractivity contribution in [2.45, 2.75) is 19.5 Å². The maximum Gasteiger partial charge on any atom is 0.420 e. The third-order valence-electron chi connectivity index (χ3n) is 3.35. The van der Waals surface area contributed by atoms with E-state index in [1.807, 2.05) is 0 Å². The van der Waals surface area contributed by atoms with Crippen LogP contribution in [0.25, 0.3) is 0 Å². The minimum atomic E-state index is -4.63. The van der Waals surface area contributed by atoms with Gasteiger partial charge in [-0.2, -0.15) is 13.2 Å². The molecule has 1 aliphatic rings. The number of carboxylic acid groups (broad SMARTS) is 1. The van der Waals surface area contributed by atoms with Crippen LogP contribution in [0.1, 0.15) is 18.9 Å². The second-order valence-corrected chi connectivity index (χ2v) is 4.85. The monoisotopic (exact) mass is 317 g/mol. The molecule has 1 heterocycles. The molecule has 1 saturated heterocycles. The first kappa shape index (κ1) is 16.1. The van der Waals surface area contributed by atoms with E-state index in [0.29, 0.717) is 0 Å². The maximum atomic E-state index is 13.1. The van der Waals surface area contributed by atoms with E-state index in [-0.39, 0.29) is 31.0 Å². The number of hydrogen-bond donors (Lipinski definition) is 1. The van der Waals surface area contributed by atoms with Gasteiger partial charge in [-0.1, -0.05) is 0 Å². The number of aliphatic carboxylic acids is 1. The predicted octanol–water partition coefficient (Wildman–Crippen LogP) is 2.54. The maximum absolute atomic E-state index is 13.1. The largest absolute Gasteiger partial charge is 0.493 e. The van der Waals surface area contributed by atoms with Gasteiger partial charge in [0.15, 0.2) is 0 Å². The van der Waals surface area contributed by atoms with Crippen LogP contribution < -0.4 is 9.64 Å². The Balaban J connectivity index is 2.37. The van der Waals surface area contributed by atoms with E-state index in [0.717, 1.165) is 17.0 Å². The van der Waals surface area contributed by atoms with Gasteiger partial charge in [-0.05, 0) is 25.1 Å². The van der Waals surface area contributed by atoms with Crippen LogP contribution in [0, 0.1) is 5.92 Å². The molecule has 1 aromatic carbocycles.